The highest BCUT2D eigenvalue weighted by Crippen LogP contribution is 2.30. The van der Waals surface area contributed by atoms with Gasteiger partial charge in [0.25, 0.3) is 0 Å². The van der Waals surface area contributed by atoms with Crippen LogP contribution in [0.2, 0.25) is 0 Å². The van der Waals surface area contributed by atoms with E-state index in [1.165, 1.54) is 12.1 Å². The lowest BCUT2D eigenvalue weighted by Crippen LogP contribution is -2.38. The maximum absolute atomic E-state index is 12.6. The molecule has 1 amide bonds. The van der Waals surface area contributed by atoms with Gasteiger partial charge >= 0.3 is 6.18 Å². The summed E-state index contributed by atoms with van der Waals surface area (Å²) >= 11 is 0. The number of rotatable bonds is 7. The molecule has 5 nitrogen and oxygen atoms in total. The maximum Gasteiger partial charge on any atom is 0.416 e. The number of sulfonamides is 1. The highest BCUT2D eigenvalue weighted by atomic mass is 32.2. The van der Waals surface area contributed by atoms with E-state index in [2.05, 4.69) is 5.32 Å². The Hall–Kier alpha value is -1.61. The molecule has 1 aromatic rings. The molecule has 0 unspecified atom stereocenters. The van der Waals surface area contributed by atoms with Crippen LogP contribution in [0.4, 0.5) is 18.9 Å². The predicted octanol–water partition coefficient (Wildman–Crippen LogP) is 2.95. The van der Waals surface area contributed by atoms with Gasteiger partial charge < -0.3 is 5.32 Å². The van der Waals surface area contributed by atoms with Crippen molar-refractivity contribution in [2.24, 2.45) is 5.92 Å². The van der Waals surface area contributed by atoms with E-state index in [4.69, 9.17) is 0 Å². The topological polar surface area (TPSA) is 66.5 Å². The summed E-state index contributed by atoms with van der Waals surface area (Å²) in [5, 5.41) is 2.30. The van der Waals surface area contributed by atoms with E-state index in [0.717, 1.165) is 22.7 Å². The van der Waals surface area contributed by atoms with E-state index in [-0.39, 0.29) is 18.2 Å². The van der Waals surface area contributed by atoms with Gasteiger partial charge in [-0.2, -0.15) is 17.5 Å². The lowest BCUT2D eigenvalue weighted by atomic mass is 10.1. The molecule has 0 aliphatic carbocycles. The van der Waals surface area contributed by atoms with Crippen molar-refractivity contribution in [1.29, 1.82) is 0 Å². The molecule has 1 rings (SSSR count). The first kappa shape index (κ1) is 20.4. The number of nitrogens with one attached hydrogen (secondary N) is 1. The van der Waals surface area contributed by atoms with Crippen molar-refractivity contribution in [1.82, 2.24) is 4.31 Å². The molecule has 0 aromatic heterocycles. The molecule has 0 fully saturated rings. The van der Waals surface area contributed by atoms with Crippen molar-refractivity contribution in [2.45, 2.75) is 26.4 Å². The molecule has 0 spiro atoms. The van der Waals surface area contributed by atoms with Crippen molar-refractivity contribution in [3.63, 3.8) is 0 Å². The minimum absolute atomic E-state index is 0.0351. The van der Waals surface area contributed by atoms with E-state index >= 15 is 0 Å². The summed E-state index contributed by atoms with van der Waals surface area (Å²) in [4.78, 5) is 12.0. The fraction of sp³-hybridized carbons (Fsp3) is 0.533. The van der Waals surface area contributed by atoms with Gasteiger partial charge in [-0.3, -0.25) is 4.79 Å². The van der Waals surface area contributed by atoms with Crippen LogP contribution in [0, 0.1) is 5.92 Å². The van der Waals surface area contributed by atoms with Gasteiger partial charge in [-0.25, -0.2) is 8.42 Å². The molecule has 1 N–H and O–H groups in total. The summed E-state index contributed by atoms with van der Waals surface area (Å²) in [5.74, 6) is -0.440. The first-order valence-corrected chi connectivity index (χ1v) is 9.16. The summed E-state index contributed by atoms with van der Waals surface area (Å²) in [5.41, 5.74) is -0.924. The number of hydrogen-bond donors (Lipinski definition) is 1. The molecule has 136 valence electrons. The van der Waals surface area contributed by atoms with Crippen LogP contribution in [-0.2, 0) is 21.0 Å². The zero-order valence-electron chi connectivity index (χ0n) is 13.7. The normalized spacial score (nSPS) is 12.7. The van der Waals surface area contributed by atoms with Crippen molar-refractivity contribution in [3.8, 4) is 0 Å². The summed E-state index contributed by atoms with van der Waals surface area (Å²) in [6.45, 7) is 3.57. The van der Waals surface area contributed by atoms with Gasteiger partial charge in [0.05, 0.1) is 18.4 Å². The van der Waals surface area contributed by atoms with Gasteiger partial charge in [-0.05, 0) is 30.5 Å². The molecule has 0 saturated heterocycles. The van der Waals surface area contributed by atoms with Crippen LogP contribution < -0.4 is 5.32 Å². The first-order chi connectivity index (χ1) is 10.9. The van der Waals surface area contributed by atoms with Gasteiger partial charge in [0.1, 0.15) is 0 Å². The third kappa shape index (κ3) is 6.88. The van der Waals surface area contributed by atoms with E-state index in [0.29, 0.717) is 6.42 Å². The number of nitrogens with zero attached hydrogens (tertiary/aromatic N) is 1. The third-order valence-corrected chi connectivity index (χ3v) is 4.47. The maximum atomic E-state index is 12.6. The van der Waals surface area contributed by atoms with Crippen LogP contribution in [0.3, 0.4) is 0 Å². The van der Waals surface area contributed by atoms with E-state index < -0.39 is 34.2 Å². The lowest BCUT2D eigenvalue weighted by Gasteiger charge is -2.20. The molecule has 0 radical (unpaired) electrons. The van der Waals surface area contributed by atoms with Crippen LogP contribution in [0.25, 0.3) is 0 Å². The largest absolute Gasteiger partial charge is 0.416 e. The average Bonchev–Trinajstić information content (AvgIpc) is 2.41. The Morgan fingerprint density at radius 2 is 1.92 bits per heavy atom. The van der Waals surface area contributed by atoms with Gasteiger partial charge in [0, 0.05) is 12.2 Å². The number of benzene rings is 1. The summed E-state index contributed by atoms with van der Waals surface area (Å²) in [7, 11) is -3.59. The van der Waals surface area contributed by atoms with Crippen molar-refractivity contribution in [2.75, 3.05) is 24.7 Å². The quantitative estimate of drug-likeness (QED) is 0.807. The molecule has 0 aliphatic heterocycles. The number of anilines is 1. The Morgan fingerprint density at radius 3 is 2.42 bits per heavy atom. The second-order valence-electron chi connectivity index (χ2n) is 5.91. The van der Waals surface area contributed by atoms with Crippen LogP contribution in [0.15, 0.2) is 24.3 Å². The van der Waals surface area contributed by atoms with Crippen molar-refractivity contribution >= 4 is 21.6 Å². The fourth-order valence-corrected chi connectivity index (χ4v) is 2.69. The molecule has 0 heterocycles. The van der Waals surface area contributed by atoms with Crippen molar-refractivity contribution in [3.05, 3.63) is 29.8 Å². The third-order valence-electron chi connectivity index (χ3n) is 3.22. The van der Waals surface area contributed by atoms with Crippen LogP contribution >= 0.6 is 0 Å². The zero-order chi connectivity index (χ0) is 18.5. The Morgan fingerprint density at radius 1 is 1.29 bits per heavy atom. The average molecular weight is 366 g/mol. The Bertz CT molecular complexity index is 673. The number of halogens is 3. The van der Waals surface area contributed by atoms with E-state index in [1.807, 2.05) is 13.8 Å². The Balaban J connectivity index is 2.79. The molecule has 0 saturated carbocycles. The van der Waals surface area contributed by atoms with Gasteiger partial charge in [-0.15, -0.1) is 0 Å². The summed E-state index contributed by atoms with van der Waals surface area (Å²) in [6, 6.07) is 4.18. The zero-order valence-corrected chi connectivity index (χ0v) is 14.5. The molecular weight excluding hydrogens is 345 g/mol. The highest BCUT2D eigenvalue weighted by Gasteiger charge is 2.30. The van der Waals surface area contributed by atoms with Crippen LogP contribution in [0.1, 0.15) is 25.8 Å². The minimum atomic E-state index is -4.52. The van der Waals surface area contributed by atoms with Crippen LogP contribution in [-0.4, -0.2) is 38.0 Å². The van der Waals surface area contributed by atoms with Crippen molar-refractivity contribution < 1.29 is 26.4 Å². The smallest absolute Gasteiger partial charge is 0.325 e. The fourth-order valence-electron chi connectivity index (χ4n) is 1.90. The minimum Gasteiger partial charge on any atom is -0.325 e. The second-order valence-corrected chi connectivity index (χ2v) is 7.89. The second kappa shape index (κ2) is 7.98. The lowest BCUT2D eigenvalue weighted by molar-refractivity contribution is -0.137. The summed E-state index contributed by atoms with van der Waals surface area (Å²) < 4.78 is 62.4. The molecule has 0 atom stereocenters. The monoisotopic (exact) mass is 366 g/mol. The predicted molar refractivity (Wildman–Crippen MR) is 85.9 cm³/mol. The highest BCUT2D eigenvalue weighted by molar-refractivity contribution is 7.88. The number of hydrogen-bond acceptors (Lipinski definition) is 3. The van der Waals surface area contributed by atoms with Gasteiger partial charge in [-0.1, -0.05) is 19.9 Å². The molecule has 1 aromatic carbocycles. The van der Waals surface area contributed by atoms with E-state index in [1.54, 1.807) is 0 Å². The van der Waals surface area contributed by atoms with Gasteiger partial charge in [0.15, 0.2) is 0 Å². The molecule has 0 aliphatic rings. The number of amides is 1. The number of carbonyl (C=O) groups is 1. The Labute approximate surface area is 139 Å². The van der Waals surface area contributed by atoms with Crippen LogP contribution in [0.5, 0.6) is 0 Å². The molecule has 0 bridgehead atoms. The van der Waals surface area contributed by atoms with Gasteiger partial charge in [0.2, 0.25) is 15.9 Å². The molecule has 9 heteroatoms. The first-order valence-electron chi connectivity index (χ1n) is 7.32. The SMILES string of the molecule is CC(C)CCN(CC(=O)Nc1cccc(C(F)(F)F)c1)S(C)(=O)=O. The molecule has 24 heavy (non-hydrogen) atoms. The standard InChI is InChI=1S/C15H21F3N2O3S/c1-11(2)7-8-20(24(3,22)23)10-14(21)19-13-6-4-5-12(9-13)15(16,17)18/h4-6,9,11H,7-8,10H2,1-3H3,(H,19,21). The Kier molecular flexibility index (Phi) is 6.79. The van der Waals surface area contributed by atoms with E-state index in [9.17, 15) is 26.4 Å². The molecular formula is C15H21F3N2O3S. The summed E-state index contributed by atoms with van der Waals surface area (Å²) in [6.07, 6.45) is -2.95. The number of alkyl halides is 3. The number of carbonyl (C=O) groups excluding carboxylic acids is 1.